The van der Waals surface area contributed by atoms with E-state index in [0.717, 1.165) is 5.56 Å². The summed E-state index contributed by atoms with van der Waals surface area (Å²) in [7, 11) is 0. The summed E-state index contributed by atoms with van der Waals surface area (Å²) in [6.07, 6.45) is 1.58. The summed E-state index contributed by atoms with van der Waals surface area (Å²) >= 11 is 0. The number of hydrogen-bond acceptors (Lipinski definition) is 4. The van der Waals surface area contributed by atoms with Crippen molar-refractivity contribution in [3.8, 4) is 11.5 Å². The Balaban J connectivity index is 2.45. The van der Waals surface area contributed by atoms with Gasteiger partial charge in [-0.15, -0.1) is 0 Å². The third-order valence-electron chi connectivity index (χ3n) is 2.53. The fraction of sp³-hybridized carbons (Fsp3) is 0.0625. The fourth-order valence-corrected chi connectivity index (χ4v) is 1.78. The standard InChI is InChI=1S/C16H14O4/c1-11(17)20-16(13-5-3-2-4-6-13)9-12-7-14(18)10-15(19)8-12/h2-10,18-19H,1H3. The van der Waals surface area contributed by atoms with Gasteiger partial charge in [0.1, 0.15) is 17.3 Å². The van der Waals surface area contributed by atoms with Gasteiger partial charge in [0.2, 0.25) is 0 Å². The van der Waals surface area contributed by atoms with Crippen molar-refractivity contribution in [1.82, 2.24) is 0 Å². The van der Waals surface area contributed by atoms with Crippen LogP contribution < -0.4 is 0 Å². The van der Waals surface area contributed by atoms with Crippen LogP contribution in [0.2, 0.25) is 0 Å². The van der Waals surface area contributed by atoms with Gasteiger partial charge in [0.05, 0.1) is 0 Å². The maximum atomic E-state index is 11.2. The summed E-state index contributed by atoms with van der Waals surface area (Å²) in [4.78, 5) is 11.2. The first kappa shape index (κ1) is 13.7. The second-order valence-electron chi connectivity index (χ2n) is 4.25. The van der Waals surface area contributed by atoms with Crippen molar-refractivity contribution < 1.29 is 19.7 Å². The number of benzene rings is 2. The van der Waals surface area contributed by atoms with E-state index in [0.29, 0.717) is 11.3 Å². The molecule has 2 N–H and O–H groups in total. The van der Waals surface area contributed by atoms with Gasteiger partial charge in [0, 0.05) is 18.6 Å². The molecule has 20 heavy (non-hydrogen) atoms. The van der Waals surface area contributed by atoms with Crippen molar-refractivity contribution in [3.05, 3.63) is 59.7 Å². The van der Waals surface area contributed by atoms with Gasteiger partial charge in [0.15, 0.2) is 0 Å². The van der Waals surface area contributed by atoms with Crippen LogP contribution in [0, 0.1) is 0 Å². The third kappa shape index (κ3) is 3.62. The monoisotopic (exact) mass is 270 g/mol. The molecule has 0 atom stereocenters. The summed E-state index contributed by atoms with van der Waals surface area (Å²) < 4.78 is 5.18. The van der Waals surface area contributed by atoms with Gasteiger partial charge in [-0.2, -0.15) is 0 Å². The molecule has 0 spiro atoms. The van der Waals surface area contributed by atoms with E-state index in [-0.39, 0.29) is 11.5 Å². The molecule has 0 aromatic heterocycles. The quantitative estimate of drug-likeness (QED) is 0.511. The molecule has 2 aromatic rings. The highest BCUT2D eigenvalue weighted by molar-refractivity contribution is 5.84. The van der Waals surface area contributed by atoms with Crippen molar-refractivity contribution in [2.45, 2.75) is 6.92 Å². The van der Waals surface area contributed by atoms with Crippen molar-refractivity contribution in [3.63, 3.8) is 0 Å². The zero-order valence-electron chi connectivity index (χ0n) is 10.9. The molecule has 4 nitrogen and oxygen atoms in total. The Morgan fingerprint density at radius 3 is 2.20 bits per heavy atom. The minimum atomic E-state index is -0.440. The summed E-state index contributed by atoms with van der Waals surface area (Å²) in [5.41, 5.74) is 1.26. The lowest BCUT2D eigenvalue weighted by molar-refractivity contribution is -0.134. The van der Waals surface area contributed by atoms with E-state index in [1.807, 2.05) is 18.2 Å². The Kier molecular flexibility index (Phi) is 4.05. The van der Waals surface area contributed by atoms with Crippen molar-refractivity contribution in [1.29, 1.82) is 0 Å². The van der Waals surface area contributed by atoms with Gasteiger partial charge in [0.25, 0.3) is 0 Å². The van der Waals surface area contributed by atoms with Crippen LogP contribution >= 0.6 is 0 Å². The molecule has 2 aromatic carbocycles. The molecule has 0 aliphatic rings. The number of phenolic OH excluding ortho intramolecular Hbond substituents is 2. The van der Waals surface area contributed by atoms with E-state index >= 15 is 0 Å². The number of hydrogen-bond donors (Lipinski definition) is 2. The molecule has 2 rings (SSSR count). The van der Waals surface area contributed by atoms with Crippen molar-refractivity contribution >= 4 is 17.8 Å². The number of phenols is 2. The topological polar surface area (TPSA) is 66.8 Å². The molecule has 0 fully saturated rings. The van der Waals surface area contributed by atoms with Crippen molar-refractivity contribution in [2.75, 3.05) is 0 Å². The van der Waals surface area contributed by atoms with E-state index in [1.54, 1.807) is 18.2 Å². The molecular formula is C16H14O4. The van der Waals surface area contributed by atoms with Crippen LogP contribution in [0.15, 0.2) is 48.5 Å². The Morgan fingerprint density at radius 2 is 1.65 bits per heavy atom. The van der Waals surface area contributed by atoms with Gasteiger partial charge in [-0.25, -0.2) is 0 Å². The van der Waals surface area contributed by atoms with E-state index in [4.69, 9.17) is 4.74 Å². The highest BCUT2D eigenvalue weighted by Crippen LogP contribution is 2.25. The lowest BCUT2D eigenvalue weighted by Crippen LogP contribution is -1.98. The molecule has 0 amide bonds. The first-order valence-electron chi connectivity index (χ1n) is 6.03. The number of rotatable bonds is 3. The Hall–Kier alpha value is -2.75. The second kappa shape index (κ2) is 5.93. The zero-order chi connectivity index (χ0) is 14.5. The number of ether oxygens (including phenoxy) is 1. The molecule has 0 saturated heterocycles. The highest BCUT2D eigenvalue weighted by Gasteiger charge is 2.07. The van der Waals surface area contributed by atoms with Crippen LogP contribution in [0.3, 0.4) is 0 Å². The maximum Gasteiger partial charge on any atom is 0.308 e. The van der Waals surface area contributed by atoms with Gasteiger partial charge in [-0.05, 0) is 23.8 Å². The van der Waals surface area contributed by atoms with Crippen LogP contribution in [0.4, 0.5) is 0 Å². The van der Waals surface area contributed by atoms with E-state index < -0.39 is 5.97 Å². The van der Waals surface area contributed by atoms with Crippen LogP contribution in [-0.4, -0.2) is 16.2 Å². The SMILES string of the molecule is CC(=O)OC(=Cc1cc(O)cc(O)c1)c1ccccc1. The Labute approximate surface area is 116 Å². The van der Waals surface area contributed by atoms with Crippen molar-refractivity contribution in [2.24, 2.45) is 0 Å². The van der Waals surface area contributed by atoms with Crippen LogP contribution in [0.5, 0.6) is 11.5 Å². The maximum absolute atomic E-state index is 11.2. The average molecular weight is 270 g/mol. The van der Waals surface area contributed by atoms with Gasteiger partial charge in [-0.3, -0.25) is 4.79 Å². The summed E-state index contributed by atoms with van der Waals surface area (Å²) in [5.74, 6) is -0.217. The number of carbonyl (C=O) groups excluding carboxylic acids is 1. The molecule has 0 heterocycles. The minimum Gasteiger partial charge on any atom is -0.508 e. The molecule has 0 aliphatic carbocycles. The predicted molar refractivity (Wildman–Crippen MR) is 75.9 cm³/mol. The molecule has 0 saturated carbocycles. The first-order chi connectivity index (χ1) is 9.54. The minimum absolute atomic E-state index is 0.0634. The predicted octanol–water partition coefficient (Wildman–Crippen LogP) is 3.16. The summed E-state index contributed by atoms with van der Waals surface area (Å²) in [5, 5.41) is 18.9. The lowest BCUT2D eigenvalue weighted by Gasteiger charge is -2.08. The second-order valence-corrected chi connectivity index (χ2v) is 4.25. The molecule has 102 valence electrons. The average Bonchev–Trinajstić information content (AvgIpc) is 2.37. The Morgan fingerprint density at radius 1 is 1.05 bits per heavy atom. The van der Waals surface area contributed by atoms with Gasteiger partial charge >= 0.3 is 5.97 Å². The largest absolute Gasteiger partial charge is 0.508 e. The van der Waals surface area contributed by atoms with Gasteiger partial charge in [-0.1, -0.05) is 30.3 Å². The van der Waals surface area contributed by atoms with E-state index in [9.17, 15) is 15.0 Å². The smallest absolute Gasteiger partial charge is 0.308 e. The lowest BCUT2D eigenvalue weighted by atomic mass is 10.1. The normalized spacial score (nSPS) is 11.2. The van der Waals surface area contributed by atoms with Crippen LogP contribution in [0.25, 0.3) is 11.8 Å². The van der Waals surface area contributed by atoms with E-state index in [1.165, 1.54) is 25.1 Å². The first-order valence-corrected chi connectivity index (χ1v) is 6.03. The highest BCUT2D eigenvalue weighted by atomic mass is 16.5. The number of aromatic hydroxyl groups is 2. The molecule has 0 bridgehead atoms. The van der Waals surface area contributed by atoms with E-state index in [2.05, 4.69) is 0 Å². The Bertz CT molecular complexity index is 625. The molecule has 0 unspecified atom stereocenters. The fourth-order valence-electron chi connectivity index (χ4n) is 1.78. The summed E-state index contributed by atoms with van der Waals surface area (Å²) in [6.45, 7) is 1.32. The van der Waals surface area contributed by atoms with Gasteiger partial charge < -0.3 is 14.9 Å². The number of esters is 1. The third-order valence-corrected chi connectivity index (χ3v) is 2.53. The molecule has 4 heteroatoms. The number of carbonyl (C=O) groups is 1. The molecule has 0 radical (unpaired) electrons. The zero-order valence-corrected chi connectivity index (χ0v) is 10.9. The summed E-state index contributed by atoms with van der Waals surface area (Å²) in [6, 6.07) is 13.3. The van der Waals surface area contributed by atoms with Crippen LogP contribution in [-0.2, 0) is 9.53 Å². The molecule has 0 aliphatic heterocycles. The van der Waals surface area contributed by atoms with Crippen LogP contribution in [0.1, 0.15) is 18.1 Å². The molecular weight excluding hydrogens is 256 g/mol.